The summed E-state index contributed by atoms with van der Waals surface area (Å²) in [5, 5.41) is 34.5. The molecular weight excluding hydrogens is 376 g/mol. The SMILES string of the molecule is CC.Oc1ccccc1.Oc1ccccc1.Oc1ccccc1.Oc1ccccc1. The van der Waals surface area contributed by atoms with Gasteiger partial charge in [0.15, 0.2) is 0 Å². The van der Waals surface area contributed by atoms with Gasteiger partial charge in [0.25, 0.3) is 0 Å². The molecule has 0 heterocycles. The zero-order valence-corrected chi connectivity index (χ0v) is 17.3. The Labute approximate surface area is 179 Å². The fourth-order valence-corrected chi connectivity index (χ4v) is 1.71. The van der Waals surface area contributed by atoms with Crippen molar-refractivity contribution in [2.45, 2.75) is 13.8 Å². The lowest BCUT2D eigenvalue weighted by Gasteiger charge is -1.82. The van der Waals surface area contributed by atoms with Crippen LogP contribution >= 0.6 is 0 Å². The highest BCUT2D eigenvalue weighted by atomic mass is 16.3. The van der Waals surface area contributed by atoms with Gasteiger partial charge < -0.3 is 20.4 Å². The Kier molecular flexibility index (Phi) is 16.0. The van der Waals surface area contributed by atoms with Gasteiger partial charge in [0.2, 0.25) is 0 Å². The van der Waals surface area contributed by atoms with Gasteiger partial charge in [-0.3, -0.25) is 0 Å². The first kappa shape index (κ1) is 26.1. The number of hydrogen-bond acceptors (Lipinski definition) is 4. The second-order valence-corrected chi connectivity index (χ2v) is 5.34. The monoisotopic (exact) mass is 406 g/mol. The molecule has 0 aliphatic heterocycles. The molecule has 4 N–H and O–H groups in total. The molecule has 0 bridgehead atoms. The molecule has 0 saturated heterocycles. The van der Waals surface area contributed by atoms with Crippen LogP contribution in [0.5, 0.6) is 23.0 Å². The maximum atomic E-state index is 8.63. The van der Waals surface area contributed by atoms with E-state index in [-0.39, 0.29) is 0 Å². The summed E-state index contributed by atoms with van der Waals surface area (Å²) >= 11 is 0. The normalized spacial score (nSPS) is 8.20. The van der Waals surface area contributed by atoms with Crippen LogP contribution in [0.3, 0.4) is 0 Å². The Morgan fingerprint density at radius 1 is 0.300 bits per heavy atom. The van der Waals surface area contributed by atoms with Crippen molar-refractivity contribution >= 4 is 0 Å². The number of aromatic hydroxyl groups is 4. The van der Waals surface area contributed by atoms with Crippen molar-refractivity contribution in [2.24, 2.45) is 0 Å². The minimum absolute atomic E-state index is 0.322. The van der Waals surface area contributed by atoms with E-state index in [0.717, 1.165) is 0 Å². The summed E-state index contributed by atoms with van der Waals surface area (Å²) in [4.78, 5) is 0. The molecular formula is C26H30O4. The average Bonchev–Trinajstić information content (AvgIpc) is 2.79. The van der Waals surface area contributed by atoms with E-state index in [1.165, 1.54) is 0 Å². The molecule has 0 amide bonds. The number of phenols is 4. The van der Waals surface area contributed by atoms with Crippen molar-refractivity contribution in [3.05, 3.63) is 121 Å². The quantitative estimate of drug-likeness (QED) is 0.265. The Morgan fingerprint density at radius 3 is 0.500 bits per heavy atom. The molecule has 30 heavy (non-hydrogen) atoms. The topological polar surface area (TPSA) is 80.9 Å². The summed E-state index contributed by atoms with van der Waals surface area (Å²) in [6.07, 6.45) is 0. The summed E-state index contributed by atoms with van der Waals surface area (Å²) in [6, 6.07) is 34.9. The molecule has 0 spiro atoms. The van der Waals surface area contributed by atoms with Crippen LogP contribution in [0.15, 0.2) is 121 Å². The molecule has 4 aromatic rings. The second-order valence-electron chi connectivity index (χ2n) is 5.34. The van der Waals surface area contributed by atoms with E-state index >= 15 is 0 Å². The van der Waals surface area contributed by atoms with E-state index in [0.29, 0.717) is 23.0 Å². The van der Waals surface area contributed by atoms with Gasteiger partial charge >= 0.3 is 0 Å². The zero-order valence-electron chi connectivity index (χ0n) is 17.3. The lowest BCUT2D eigenvalue weighted by atomic mass is 10.3. The molecule has 158 valence electrons. The van der Waals surface area contributed by atoms with Crippen molar-refractivity contribution in [3.63, 3.8) is 0 Å². The van der Waals surface area contributed by atoms with Gasteiger partial charge in [-0.2, -0.15) is 0 Å². The molecule has 4 rings (SSSR count). The number of para-hydroxylation sites is 4. The predicted molar refractivity (Wildman–Crippen MR) is 124 cm³/mol. The first-order valence-corrected chi connectivity index (χ1v) is 9.54. The van der Waals surface area contributed by atoms with Crippen molar-refractivity contribution in [1.29, 1.82) is 0 Å². The minimum atomic E-state index is 0.322. The smallest absolute Gasteiger partial charge is 0.115 e. The van der Waals surface area contributed by atoms with Crippen LogP contribution in [0.2, 0.25) is 0 Å². The number of phenolic OH excluding ortho intramolecular Hbond substituents is 4. The summed E-state index contributed by atoms with van der Waals surface area (Å²) in [5.41, 5.74) is 0. The van der Waals surface area contributed by atoms with Crippen LogP contribution in [0.4, 0.5) is 0 Å². The first-order chi connectivity index (χ1) is 14.6. The Balaban J connectivity index is 0.000000363. The molecule has 0 aliphatic carbocycles. The van der Waals surface area contributed by atoms with E-state index < -0.39 is 0 Å². The third kappa shape index (κ3) is 16.3. The molecule has 0 atom stereocenters. The summed E-state index contributed by atoms with van der Waals surface area (Å²) in [7, 11) is 0. The zero-order chi connectivity index (χ0) is 22.5. The molecule has 4 nitrogen and oxygen atoms in total. The van der Waals surface area contributed by atoms with Gasteiger partial charge in [-0.25, -0.2) is 0 Å². The molecule has 4 heteroatoms. The number of benzene rings is 4. The fraction of sp³-hybridized carbons (Fsp3) is 0.0769. The highest BCUT2D eigenvalue weighted by Crippen LogP contribution is 2.04. The van der Waals surface area contributed by atoms with Gasteiger partial charge in [0.05, 0.1) is 0 Å². The van der Waals surface area contributed by atoms with E-state index in [4.69, 9.17) is 20.4 Å². The Bertz CT molecular complexity index is 687. The minimum Gasteiger partial charge on any atom is -0.508 e. The third-order valence-corrected chi connectivity index (χ3v) is 3.02. The van der Waals surface area contributed by atoms with E-state index in [9.17, 15) is 0 Å². The Hall–Kier alpha value is -3.92. The highest BCUT2D eigenvalue weighted by Gasteiger charge is 1.76. The van der Waals surface area contributed by atoms with Crippen LogP contribution in [-0.4, -0.2) is 20.4 Å². The molecule has 0 saturated carbocycles. The van der Waals surface area contributed by atoms with Crippen LogP contribution in [0, 0.1) is 0 Å². The summed E-state index contributed by atoms with van der Waals surface area (Å²) in [5.74, 6) is 1.29. The molecule has 0 aliphatic rings. The number of hydrogen-bond donors (Lipinski definition) is 4. The molecule has 0 unspecified atom stereocenters. The van der Waals surface area contributed by atoms with Gasteiger partial charge in [0.1, 0.15) is 23.0 Å². The van der Waals surface area contributed by atoms with E-state index in [1.807, 2.05) is 38.1 Å². The lowest BCUT2D eigenvalue weighted by Crippen LogP contribution is -1.56. The summed E-state index contributed by atoms with van der Waals surface area (Å²) in [6.45, 7) is 4.00. The predicted octanol–water partition coefficient (Wildman–Crippen LogP) is 6.60. The standard InChI is InChI=1S/4C6H6O.C2H6/c4*7-6-4-2-1-3-5-6;1-2/h4*1-5,7H;1-2H3. The van der Waals surface area contributed by atoms with Gasteiger partial charge in [-0.1, -0.05) is 86.6 Å². The number of rotatable bonds is 0. The second kappa shape index (κ2) is 18.4. The van der Waals surface area contributed by atoms with Crippen molar-refractivity contribution < 1.29 is 20.4 Å². The maximum absolute atomic E-state index is 8.63. The fourth-order valence-electron chi connectivity index (χ4n) is 1.71. The Morgan fingerprint density at radius 2 is 0.433 bits per heavy atom. The molecule has 0 fully saturated rings. The maximum Gasteiger partial charge on any atom is 0.115 e. The van der Waals surface area contributed by atoms with Gasteiger partial charge in [0, 0.05) is 0 Å². The molecule has 0 aromatic heterocycles. The van der Waals surface area contributed by atoms with Crippen LogP contribution < -0.4 is 0 Å². The van der Waals surface area contributed by atoms with E-state index in [1.54, 1.807) is 97.1 Å². The average molecular weight is 407 g/mol. The molecule has 0 radical (unpaired) electrons. The largest absolute Gasteiger partial charge is 0.508 e. The van der Waals surface area contributed by atoms with E-state index in [2.05, 4.69) is 0 Å². The van der Waals surface area contributed by atoms with Crippen LogP contribution in [0.25, 0.3) is 0 Å². The van der Waals surface area contributed by atoms with Crippen molar-refractivity contribution in [1.82, 2.24) is 0 Å². The molecule has 4 aromatic carbocycles. The highest BCUT2D eigenvalue weighted by molar-refractivity contribution is 5.20. The van der Waals surface area contributed by atoms with Gasteiger partial charge in [-0.15, -0.1) is 0 Å². The van der Waals surface area contributed by atoms with Crippen LogP contribution in [0.1, 0.15) is 13.8 Å². The van der Waals surface area contributed by atoms with Gasteiger partial charge in [-0.05, 0) is 48.5 Å². The van der Waals surface area contributed by atoms with Crippen LogP contribution in [-0.2, 0) is 0 Å². The third-order valence-electron chi connectivity index (χ3n) is 3.02. The van der Waals surface area contributed by atoms with Crippen molar-refractivity contribution in [2.75, 3.05) is 0 Å². The lowest BCUT2D eigenvalue weighted by molar-refractivity contribution is 0.475. The van der Waals surface area contributed by atoms with Crippen molar-refractivity contribution in [3.8, 4) is 23.0 Å². The summed E-state index contributed by atoms with van der Waals surface area (Å²) < 4.78 is 0. The first-order valence-electron chi connectivity index (χ1n) is 9.54.